The van der Waals surface area contributed by atoms with Crippen molar-refractivity contribution >= 4 is 7.49 Å². The molecule has 222 valence electrons. The van der Waals surface area contributed by atoms with Crippen molar-refractivity contribution in [2.75, 3.05) is 33.0 Å². The van der Waals surface area contributed by atoms with Gasteiger partial charge in [0.15, 0.2) is 0 Å². The first kappa shape index (κ1) is 36.6. The Morgan fingerprint density at radius 3 is 2.11 bits per heavy atom. The van der Waals surface area contributed by atoms with Crippen LogP contribution in [-0.4, -0.2) is 54.2 Å². The van der Waals surface area contributed by atoms with Gasteiger partial charge in [-0.1, -0.05) is 0 Å². The van der Waals surface area contributed by atoms with Gasteiger partial charge in [-0.15, -0.1) is 0 Å². The molecule has 0 fully saturated rings. The van der Waals surface area contributed by atoms with Crippen LogP contribution in [0.15, 0.2) is 61.4 Å². The summed E-state index contributed by atoms with van der Waals surface area (Å²) in [4.78, 5) is 2.26. The second-order valence-corrected chi connectivity index (χ2v) is 17.5. The molecule has 38 heavy (non-hydrogen) atoms. The summed E-state index contributed by atoms with van der Waals surface area (Å²) in [6, 6.07) is 0. The van der Waals surface area contributed by atoms with Gasteiger partial charge in [0.05, 0.1) is 6.61 Å². The third-order valence-corrected chi connectivity index (χ3v) is 8.32. The fourth-order valence-corrected chi connectivity index (χ4v) is 5.78. The van der Waals surface area contributed by atoms with Crippen LogP contribution in [0.25, 0.3) is 0 Å². The number of allylic oxidation sites excluding steroid dienone is 4. The Labute approximate surface area is 237 Å². The predicted molar refractivity (Wildman–Crippen MR) is 172 cm³/mol. The van der Waals surface area contributed by atoms with Gasteiger partial charge >= 0.3 is 182 Å². The molecule has 4 nitrogen and oxygen atoms in total. The summed E-state index contributed by atoms with van der Waals surface area (Å²) in [5, 5.41) is 9.37. The predicted octanol–water partition coefficient (Wildman–Crippen LogP) is 9.10. The Balaban J connectivity index is 4.62. The fourth-order valence-electron chi connectivity index (χ4n) is 4.13. The van der Waals surface area contributed by atoms with Crippen molar-refractivity contribution in [1.82, 2.24) is 4.90 Å². The Kier molecular flexibility index (Phi) is 16.1. The summed E-state index contributed by atoms with van der Waals surface area (Å²) < 4.78 is 12.4. The molecular formula is C33H62NO3P. The molecule has 0 heterocycles. The van der Waals surface area contributed by atoms with E-state index in [0.717, 1.165) is 56.6 Å². The molecule has 0 rings (SSSR count). The second kappa shape index (κ2) is 16.7. The molecule has 0 aliphatic rings. The molecule has 1 unspecified atom stereocenters. The van der Waals surface area contributed by atoms with E-state index in [1.165, 1.54) is 0 Å². The molecule has 0 aromatic carbocycles. The standard InChI is InChI=1S/C33H62NO3P/c1-14-30(18-15-16-27-38(12,13)37-29(3)20-23-31(4,5)6)19-17-22-33(10,11)36-28(2)21-24-34(25-26-35)32(7,8)9/h14,16-17,22,27,30,35,38H,1-3,15,18-21,23-26H2,4-13H3/b22-17-,27-16+. The average molecular weight is 552 g/mol. The van der Waals surface area contributed by atoms with E-state index in [2.05, 4.69) is 123 Å². The van der Waals surface area contributed by atoms with E-state index in [9.17, 15) is 5.11 Å². The minimum absolute atomic E-state index is 0.00103. The minimum atomic E-state index is -1.90. The zero-order valence-corrected chi connectivity index (χ0v) is 27.7. The van der Waals surface area contributed by atoms with Gasteiger partial charge in [0.2, 0.25) is 0 Å². The summed E-state index contributed by atoms with van der Waals surface area (Å²) in [5.74, 6) is 4.39. The number of hydrogen-bond donors (Lipinski definition) is 1. The van der Waals surface area contributed by atoms with Gasteiger partial charge in [0, 0.05) is 18.6 Å². The molecule has 0 amide bonds. The first-order valence-corrected chi connectivity index (χ1v) is 17.4. The number of ether oxygens (including phenoxy) is 1. The fraction of sp³-hybridized carbons (Fsp3) is 0.697. The summed E-state index contributed by atoms with van der Waals surface area (Å²) in [7, 11) is -1.90. The maximum atomic E-state index is 9.37. The summed E-state index contributed by atoms with van der Waals surface area (Å²) in [6.07, 6.45) is 14.4. The SMILES string of the molecule is C=CC(C/C=C\C(C)(C)OC(=C)CCN(CCO)C(C)(C)C)CC/C=C/[PH](C)(C)OC(=C)CCC(C)(C)C. The van der Waals surface area contributed by atoms with Gasteiger partial charge in [-0.25, -0.2) is 0 Å². The van der Waals surface area contributed by atoms with Crippen molar-refractivity contribution in [1.29, 1.82) is 0 Å². The van der Waals surface area contributed by atoms with E-state index in [-0.39, 0.29) is 12.1 Å². The number of nitrogens with zero attached hydrogens (tertiary/aromatic N) is 1. The van der Waals surface area contributed by atoms with Crippen molar-refractivity contribution in [2.45, 2.75) is 105 Å². The molecule has 0 saturated carbocycles. The van der Waals surface area contributed by atoms with Crippen LogP contribution >= 0.6 is 7.49 Å². The van der Waals surface area contributed by atoms with Crippen LogP contribution in [0.1, 0.15) is 93.9 Å². The van der Waals surface area contributed by atoms with Crippen molar-refractivity contribution in [3.63, 3.8) is 0 Å². The number of rotatable bonds is 19. The van der Waals surface area contributed by atoms with Crippen LogP contribution in [0.4, 0.5) is 0 Å². The van der Waals surface area contributed by atoms with E-state index in [1.807, 2.05) is 0 Å². The topological polar surface area (TPSA) is 41.9 Å². The van der Waals surface area contributed by atoms with E-state index in [1.54, 1.807) is 0 Å². The summed E-state index contributed by atoms with van der Waals surface area (Å²) in [6.45, 7) is 35.8. The zero-order chi connectivity index (χ0) is 29.6. The van der Waals surface area contributed by atoms with Crippen molar-refractivity contribution in [3.05, 3.63) is 61.4 Å². The summed E-state index contributed by atoms with van der Waals surface area (Å²) >= 11 is 0. The Morgan fingerprint density at radius 1 is 0.947 bits per heavy atom. The molecule has 0 aliphatic carbocycles. The number of aliphatic hydroxyl groups is 1. The van der Waals surface area contributed by atoms with Crippen LogP contribution < -0.4 is 0 Å². The zero-order valence-electron chi connectivity index (χ0n) is 26.7. The van der Waals surface area contributed by atoms with E-state index < -0.39 is 13.1 Å². The Bertz CT molecular complexity index is 781. The molecule has 0 bridgehead atoms. The Hall–Kier alpha value is -1.35. The molecule has 1 N–H and O–H groups in total. The van der Waals surface area contributed by atoms with Gasteiger partial charge in [-0.05, 0) is 20.8 Å². The number of aliphatic hydroxyl groups excluding tert-OH is 1. The van der Waals surface area contributed by atoms with Gasteiger partial charge in [0.1, 0.15) is 0 Å². The van der Waals surface area contributed by atoms with Crippen molar-refractivity contribution in [2.24, 2.45) is 11.3 Å². The molecule has 0 radical (unpaired) electrons. The molecular weight excluding hydrogens is 489 g/mol. The molecule has 0 aromatic heterocycles. The number of hydrogen-bond acceptors (Lipinski definition) is 4. The molecule has 5 heteroatoms. The van der Waals surface area contributed by atoms with Crippen molar-refractivity contribution in [3.8, 4) is 0 Å². The van der Waals surface area contributed by atoms with Gasteiger partial charge in [0.25, 0.3) is 0 Å². The molecule has 0 saturated heterocycles. The van der Waals surface area contributed by atoms with Crippen LogP contribution in [0.2, 0.25) is 0 Å². The van der Waals surface area contributed by atoms with Gasteiger partial charge < -0.3 is 5.11 Å². The first-order chi connectivity index (χ1) is 17.3. The normalized spacial score (nSPS) is 14.7. The molecule has 0 aliphatic heterocycles. The third kappa shape index (κ3) is 18.8. The van der Waals surface area contributed by atoms with Crippen LogP contribution in [0, 0.1) is 11.3 Å². The van der Waals surface area contributed by atoms with E-state index >= 15 is 0 Å². The molecule has 0 spiro atoms. The van der Waals surface area contributed by atoms with Gasteiger partial charge in [-0.3, -0.25) is 4.90 Å². The number of β-amino-alcohol motifs (C(OH)–C–C–N with tert-alkyl or cyclic N) is 1. The first-order valence-electron chi connectivity index (χ1n) is 14.4. The monoisotopic (exact) mass is 551 g/mol. The molecule has 0 aromatic rings. The maximum absolute atomic E-state index is 9.37. The second-order valence-electron chi connectivity index (χ2n) is 13.8. The molecule has 1 atom stereocenters. The van der Waals surface area contributed by atoms with Crippen molar-refractivity contribution < 1.29 is 14.4 Å². The third-order valence-electron chi connectivity index (χ3n) is 6.46. The summed E-state index contributed by atoms with van der Waals surface area (Å²) in [5.41, 5.74) is -0.125. The van der Waals surface area contributed by atoms with Gasteiger partial charge in [-0.2, -0.15) is 0 Å². The van der Waals surface area contributed by atoms with Crippen LogP contribution in [0.3, 0.4) is 0 Å². The van der Waals surface area contributed by atoms with Crippen LogP contribution in [-0.2, 0) is 9.26 Å². The van der Waals surface area contributed by atoms with Crippen LogP contribution in [0.5, 0.6) is 0 Å². The Morgan fingerprint density at radius 2 is 1.58 bits per heavy atom. The van der Waals surface area contributed by atoms with E-state index in [0.29, 0.717) is 17.9 Å². The van der Waals surface area contributed by atoms with E-state index in [4.69, 9.17) is 9.26 Å². The quantitative estimate of drug-likeness (QED) is 0.0987. The average Bonchev–Trinajstić information content (AvgIpc) is 2.74.